The lowest BCUT2D eigenvalue weighted by atomic mass is 10.0. The van der Waals surface area contributed by atoms with Crippen molar-refractivity contribution in [3.8, 4) is 28.7 Å². The maximum atomic E-state index is 12.7. The van der Waals surface area contributed by atoms with Gasteiger partial charge in [0.15, 0.2) is 23.0 Å². The normalized spacial score (nSPS) is 17.6. The lowest BCUT2D eigenvalue weighted by Gasteiger charge is -2.32. The monoisotopic (exact) mass is 569 g/mol. The fourth-order valence-corrected chi connectivity index (χ4v) is 5.27. The van der Waals surface area contributed by atoms with Crippen molar-refractivity contribution in [1.82, 2.24) is 10.6 Å². The van der Waals surface area contributed by atoms with Gasteiger partial charge in [-0.2, -0.15) is 0 Å². The van der Waals surface area contributed by atoms with Crippen molar-refractivity contribution < 1.29 is 28.5 Å². The maximum Gasteiger partial charge on any atom is 0.234 e. The Kier molecular flexibility index (Phi) is 8.25. The van der Waals surface area contributed by atoms with Crippen molar-refractivity contribution in [2.45, 2.75) is 11.5 Å². The van der Waals surface area contributed by atoms with E-state index in [-0.39, 0.29) is 30.0 Å². The first-order valence-corrected chi connectivity index (χ1v) is 13.5. The first kappa shape index (κ1) is 26.9. The van der Waals surface area contributed by atoms with Crippen LogP contribution in [0.2, 0.25) is 5.02 Å². The van der Waals surface area contributed by atoms with Gasteiger partial charge in [-0.3, -0.25) is 10.1 Å². The van der Waals surface area contributed by atoms with Crippen LogP contribution in [-0.4, -0.2) is 45.3 Å². The van der Waals surface area contributed by atoms with Crippen LogP contribution < -0.4 is 39.6 Å². The highest BCUT2D eigenvalue weighted by Crippen LogP contribution is 2.41. The van der Waals surface area contributed by atoms with E-state index in [0.29, 0.717) is 39.5 Å². The van der Waals surface area contributed by atoms with Gasteiger partial charge in [0.1, 0.15) is 5.50 Å². The Labute approximate surface area is 235 Å². The van der Waals surface area contributed by atoms with E-state index in [4.69, 9.17) is 35.3 Å². The molecule has 1 amide bonds. The molecule has 2 aliphatic rings. The summed E-state index contributed by atoms with van der Waals surface area (Å²) in [4.78, 5) is 12.7. The topological polar surface area (TPSA) is 99.3 Å². The first-order valence-electron chi connectivity index (χ1n) is 12.1. The van der Waals surface area contributed by atoms with Crippen LogP contribution in [0.15, 0.2) is 60.7 Å². The molecule has 0 radical (unpaired) electrons. The number of ether oxygens (including phenoxy) is 5. The van der Waals surface area contributed by atoms with Crippen LogP contribution in [0.5, 0.6) is 28.7 Å². The molecule has 2 heterocycles. The zero-order chi connectivity index (χ0) is 27.4. The first-order chi connectivity index (χ1) is 19.0. The third-order valence-electron chi connectivity index (χ3n) is 6.19. The van der Waals surface area contributed by atoms with Crippen LogP contribution in [0.4, 0.5) is 5.69 Å². The molecule has 0 bridgehead atoms. The summed E-state index contributed by atoms with van der Waals surface area (Å²) in [6.07, 6.45) is 2.07. The van der Waals surface area contributed by atoms with Gasteiger partial charge in [0.2, 0.25) is 18.4 Å². The van der Waals surface area contributed by atoms with E-state index in [9.17, 15) is 4.79 Å². The van der Waals surface area contributed by atoms with E-state index in [2.05, 4.69) is 22.0 Å². The third-order valence-corrected chi connectivity index (χ3v) is 7.46. The van der Waals surface area contributed by atoms with Crippen LogP contribution in [0.25, 0.3) is 5.70 Å². The number of amides is 1. The van der Waals surface area contributed by atoms with E-state index in [1.54, 1.807) is 45.6 Å². The molecule has 3 aromatic rings. The number of rotatable bonds is 9. The molecule has 204 valence electrons. The predicted octanol–water partition coefficient (Wildman–Crippen LogP) is 5.03. The van der Waals surface area contributed by atoms with Crippen molar-refractivity contribution in [3.63, 3.8) is 0 Å². The molecule has 0 aromatic heterocycles. The van der Waals surface area contributed by atoms with E-state index >= 15 is 0 Å². The number of methoxy groups -OCH3 is 3. The molecule has 2 unspecified atom stereocenters. The molecule has 0 saturated heterocycles. The lowest BCUT2D eigenvalue weighted by Crippen LogP contribution is -2.45. The third kappa shape index (κ3) is 6.13. The fourth-order valence-electron chi connectivity index (χ4n) is 4.30. The number of hydrogen-bond donors (Lipinski definition) is 3. The van der Waals surface area contributed by atoms with Gasteiger partial charge < -0.3 is 34.3 Å². The highest BCUT2D eigenvalue weighted by molar-refractivity contribution is 8.00. The Morgan fingerprint density at radius 3 is 2.41 bits per heavy atom. The SMILES string of the molecule is COc1cc(C2C=C(c3ccc4c(c3)OCO4)NC(SCC(=O)Nc3ccc(Cl)cc3)N2)cc(OC)c1OC. The minimum absolute atomic E-state index is 0.130. The Balaban J connectivity index is 1.40. The molecule has 2 aliphatic heterocycles. The van der Waals surface area contributed by atoms with E-state index in [1.807, 2.05) is 30.3 Å². The second-order valence-corrected chi connectivity index (χ2v) is 10.2. The van der Waals surface area contributed by atoms with Crippen molar-refractivity contribution in [1.29, 1.82) is 0 Å². The van der Waals surface area contributed by atoms with Gasteiger partial charge in [0.25, 0.3) is 0 Å². The standard InChI is InChI=1S/C28H28ClN3O6S/c1-34-24-11-17(12-25(35-2)27(24)36-3)21-13-20(16-4-9-22-23(10-16)38-15-37-22)31-28(32-21)39-14-26(33)30-19-7-5-18(29)6-8-19/h4-13,21,28,31-32H,14-15H2,1-3H3,(H,30,33). The number of hydrogen-bond acceptors (Lipinski definition) is 9. The quantitative estimate of drug-likeness (QED) is 0.328. The van der Waals surface area contributed by atoms with Crippen molar-refractivity contribution in [2.75, 3.05) is 39.2 Å². The number of carbonyl (C=O) groups is 1. The van der Waals surface area contributed by atoms with Gasteiger partial charge in [-0.25, -0.2) is 0 Å². The molecule has 9 nitrogen and oxygen atoms in total. The maximum absolute atomic E-state index is 12.7. The molecular formula is C28H28ClN3O6S. The predicted molar refractivity (Wildman–Crippen MR) is 152 cm³/mol. The highest BCUT2D eigenvalue weighted by Gasteiger charge is 2.27. The Hall–Kier alpha value is -3.73. The highest BCUT2D eigenvalue weighted by atomic mass is 35.5. The molecule has 11 heteroatoms. The zero-order valence-electron chi connectivity index (χ0n) is 21.6. The fraction of sp³-hybridized carbons (Fsp3) is 0.250. The molecule has 0 saturated carbocycles. The molecule has 0 aliphatic carbocycles. The number of nitrogens with one attached hydrogen (secondary N) is 3. The smallest absolute Gasteiger partial charge is 0.234 e. The van der Waals surface area contributed by atoms with Crippen LogP contribution in [-0.2, 0) is 4.79 Å². The molecular weight excluding hydrogens is 542 g/mol. The number of thioether (sulfide) groups is 1. The van der Waals surface area contributed by atoms with Crippen molar-refractivity contribution >= 4 is 40.7 Å². The Morgan fingerprint density at radius 1 is 1.00 bits per heavy atom. The number of carbonyl (C=O) groups excluding carboxylic acids is 1. The van der Waals surface area contributed by atoms with E-state index in [0.717, 1.165) is 16.8 Å². The summed E-state index contributed by atoms with van der Waals surface area (Å²) in [5.41, 5.74) is 3.09. The molecule has 39 heavy (non-hydrogen) atoms. The Bertz CT molecular complexity index is 1360. The number of fused-ring (bicyclic) bond motifs is 1. The second kappa shape index (κ2) is 12.0. The summed E-state index contributed by atoms with van der Waals surface area (Å²) in [5, 5.41) is 10.6. The lowest BCUT2D eigenvalue weighted by molar-refractivity contribution is -0.113. The van der Waals surface area contributed by atoms with Crippen LogP contribution >= 0.6 is 23.4 Å². The molecule has 3 aromatic carbocycles. The summed E-state index contributed by atoms with van der Waals surface area (Å²) >= 11 is 7.38. The number of benzene rings is 3. The summed E-state index contributed by atoms with van der Waals surface area (Å²) < 4.78 is 27.7. The van der Waals surface area contributed by atoms with Crippen LogP contribution in [0.1, 0.15) is 17.2 Å². The molecule has 0 spiro atoms. The molecule has 2 atom stereocenters. The average Bonchev–Trinajstić information content (AvgIpc) is 3.44. The summed E-state index contributed by atoms with van der Waals surface area (Å²) in [7, 11) is 4.74. The zero-order valence-corrected chi connectivity index (χ0v) is 23.2. The van der Waals surface area contributed by atoms with Gasteiger partial charge in [-0.05, 0) is 66.2 Å². The minimum atomic E-state index is -0.296. The largest absolute Gasteiger partial charge is 0.493 e. The van der Waals surface area contributed by atoms with Gasteiger partial charge in [0, 0.05) is 22.0 Å². The average molecular weight is 570 g/mol. The van der Waals surface area contributed by atoms with Gasteiger partial charge >= 0.3 is 0 Å². The molecule has 0 fully saturated rings. The van der Waals surface area contributed by atoms with Gasteiger partial charge in [-0.1, -0.05) is 11.6 Å². The van der Waals surface area contributed by atoms with E-state index < -0.39 is 0 Å². The molecule has 5 rings (SSSR count). The second-order valence-electron chi connectivity index (χ2n) is 8.64. The summed E-state index contributed by atoms with van der Waals surface area (Å²) in [6, 6.07) is 16.4. The Morgan fingerprint density at radius 2 is 1.72 bits per heavy atom. The number of anilines is 1. The van der Waals surface area contributed by atoms with Crippen molar-refractivity contribution in [3.05, 3.63) is 76.8 Å². The summed E-state index contributed by atoms with van der Waals surface area (Å²) in [6.45, 7) is 0.197. The summed E-state index contributed by atoms with van der Waals surface area (Å²) in [5.74, 6) is 3.10. The van der Waals surface area contributed by atoms with E-state index in [1.165, 1.54) is 11.8 Å². The van der Waals surface area contributed by atoms with Gasteiger partial charge in [0.05, 0.1) is 33.1 Å². The number of halogens is 1. The minimum Gasteiger partial charge on any atom is -0.493 e. The van der Waals surface area contributed by atoms with Gasteiger partial charge in [-0.15, -0.1) is 11.8 Å². The van der Waals surface area contributed by atoms with Crippen LogP contribution in [0.3, 0.4) is 0 Å². The van der Waals surface area contributed by atoms with Crippen molar-refractivity contribution in [2.24, 2.45) is 0 Å². The molecule has 3 N–H and O–H groups in total. The van der Waals surface area contributed by atoms with Crippen LogP contribution in [0, 0.1) is 0 Å².